The third kappa shape index (κ3) is 5.27. The van der Waals surface area contributed by atoms with Gasteiger partial charge in [-0.1, -0.05) is 0 Å². The topological polar surface area (TPSA) is 48.9 Å². The molecule has 134 valence electrons. The molecule has 0 aliphatic carbocycles. The number of aryl methyl sites for hydroxylation is 1. The molecule has 1 N–H and O–H groups in total. The summed E-state index contributed by atoms with van der Waals surface area (Å²) in [5.41, 5.74) is 1.24. The normalized spacial score (nSPS) is 12.8. The summed E-state index contributed by atoms with van der Waals surface area (Å²) in [6.45, 7) is 1.53. The number of nitrogens with one attached hydrogen (secondary N) is 1. The smallest absolute Gasteiger partial charge is 0.193 e. The molecule has 6 nitrogen and oxygen atoms in total. The summed E-state index contributed by atoms with van der Waals surface area (Å²) in [4.78, 5) is 8.63. The van der Waals surface area contributed by atoms with Crippen molar-refractivity contribution in [2.75, 3.05) is 34.7 Å². The van der Waals surface area contributed by atoms with Crippen LogP contribution in [0.2, 0.25) is 0 Å². The van der Waals surface area contributed by atoms with E-state index in [9.17, 15) is 0 Å². The quantitative estimate of drug-likeness (QED) is 0.422. The molecule has 0 aliphatic heterocycles. The summed E-state index contributed by atoms with van der Waals surface area (Å²) in [6.07, 6.45) is 3.76. The summed E-state index contributed by atoms with van der Waals surface area (Å²) < 4.78 is 7.67. The zero-order valence-corrected chi connectivity index (χ0v) is 17.4. The van der Waals surface area contributed by atoms with Gasteiger partial charge in [0.25, 0.3) is 0 Å². The van der Waals surface area contributed by atoms with E-state index in [4.69, 9.17) is 4.42 Å². The lowest BCUT2D eigenvalue weighted by molar-refractivity contribution is 0.256. The highest BCUT2D eigenvalue weighted by atomic mass is 127. The maximum atomic E-state index is 5.55. The molecule has 0 saturated carbocycles. The van der Waals surface area contributed by atoms with Crippen LogP contribution < -0.4 is 5.32 Å². The first-order valence-electron chi connectivity index (χ1n) is 7.74. The largest absolute Gasteiger partial charge is 0.468 e. The van der Waals surface area contributed by atoms with Crippen LogP contribution in [0.1, 0.15) is 17.5 Å². The van der Waals surface area contributed by atoms with Gasteiger partial charge in [-0.2, -0.15) is 0 Å². The van der Waals surface area contributed by atoms with Crippen LogP contribution in [0, 0.1) is 0 Å². The summed E-state index contributed by atoms with van der Waals surface area (Å²) >= 11 is 0. The van der Waals surface area contributed by atoms with Crippen molar-refractivity contribution in [2.45, 2.75) is 12.6 Å². The van der Waals surface area contributed by atoms with Crippen LogP contribution in [0.15, 0.2) is 46.1 Å². The van der Waals surface area contributed by atoms with E-state index >= 15 is 0 Å². The molecule has 0 saturated heterocycles. The number of guanidine groups is 1. The Morgan fingerprint density at radius 3 is 2.54 bits per heavy atom. The Morgan fingerprint density at radius 2 is 2.04 bits per heavy atom. The fourth-order valence-electron chi connectivity index (χ4n) is 2.57. The molecule has 2 aromatic rings. The predicted octanol–water partition coefficient (Wildman–Crippen LogP) is 2.55. The molecule has 2 aromatic heterocycles. The zero-order valence-electron chi connectivity index (χ0n) is 15.1. The van der Waals surface area contributed by atoms with E-state index in [1.54, 1.807) is 13.3 Å². The number of hydrogen-bond acceptors (Lipinski definition) is 3. The zero-order chi connectivity index (χ0) is 16.8. The van der Waals surface area contributed by atoms with Gasteiger partial charge in [0.05, 0.1) is 18.8 Å². The number of hydrogen-bond donors (Lipinski definition) is 1. The molecular formula is C17H28IN5O. The van der Waals surface area contributed by atoms with Crippen molar-refractivity contribution in [3.05, 3.63) is 48.2 Å². The summed E-state index contributed by atoms with van der Waals surface area (Å²) in [6, 6.07) is 8.25. The molecule has 1 atom stereocenters. The van der Waals surface area contributed by atoms with E-state index in [1.807, 2.05) is 33.3 Å². The average Bonchev–Trinajstić information content (AvgIpc) is 3.16. The lowest BCUT2D eigenvalue weighted by atomic mass is 10.2. The molecule has 2 heterocycles. The number of likely N-dealkylation sites (N-methyl/N-ethyl adjacent to an activating group) is 1. The molecule has 1 unspecified atom stereocenters. The number of aromatic nitrogens is 1. The number of furan rings is 1. The second-order valence-corrected chi connectivity index (χ2v) is 5.89. The Hall–Kier alpha value is -1.48. The van der Waals surface area contributed by atoms with Crippen LogP contribution in [-0.2, 0) is 13.6 Å². The van der Waals surface area contributed by atoms with Crippen LogP contribution in [0.3, 0.4) is 0 Å². The second kappa shape index (κ2) is 9.73. The van der Waals surface area contributed by atoms with Crippen LogP contribution in [0.25, 0.3) is 0 Å². The standard InChI is InChI=1S/C17H27N5O.HI/c1-18-17(22(5)13-14-8-6-10-21(14)4)19-12-15(20(2)3)16-9-7-11-23-16;/h6-11,15H,12-13H2,1-5H3,(H,18,19);1H. The second-order valence-electron chi connectivity index (χ2n) is 5.89. The Kier molecular flexibility index (Phi) is 8.34. The molecule has 0 aromatic carbocycles. The van der Waals surface area contributed by atoms with E-state index in [0.29, 0.717) is 0 Å². The van der Waals surface area contributed by atoms with E-state index in [2.05, 4.69) is 50.1 Å². The first-order valence-corrected chi connectivity index (χ1v) is 7.74. The van der Waals surface area contributed by atoms with Crippen molar-refractivity contribution in [2.24, 2.45) is 12.0 Å². The third-order valence-electron chi connectivity index (χ3n) is 3.97. The summed E-state index contributed by atoms with van der Waals surface area (Å²) in [5, 5.41) is 3.44. The molecule has 24 heavy (non-hydrogen) atoms. The van der Waals surface area contributed by atoms with Crippen molar-refractivity contribution in [1.29, 1.82) is 0 Å². The van der Waals surface area contributed by atoms with Crippen LogP contribution >= 0.6 is 24.0 Å². The predicted molar refractivity (Wildman–Crippen MR) is 109 cm³/mol. The van der Waals surface area contributed by atoms with E-state index in [1.165, 1.54) is 5.69 Å². The van der Waals surface area contributed by atoms with Crippen molar-refractivity contribution in [1.82, 2.24) is 19.7 Å². The molecule has 0 spiro atoms. The Balaban J connectivity index is 0.00000288. The number of halogens is 1. The van der Waals surface area contributed by atoms with Gasteiger partial charge in [0.15, 0.2) is 5.96 Å². The fraction of sp³-hybridized carbons (Fsp3) is 0.471. The first kappa shape index (κ1) is 20.6. The van der Waals surface area contributed by atoms with Gasteiger partial charge in [0.2, 0.25) is 0 Å². The van der Waals surface area contributed by atoms with E-state index < -0.39 is 0 Å². The van der Waals surface area contributed by atoms with E-state index in [-0.39, 0.29) is 30.0 Å². The Bertz CT molecular complexity index is 621. The highest BCUT2D eigenvalue weighted by Crippen LogP contribution is 2.17. The minimum atomic E-state index is 0. The van der Waals surface area contributed by atoms with Gasteiger partial charge in [-0.05, 0) is 38.4 Å². The molecule has 0 aliphatic rings. The maximum absolute atomic E-state index is 5.55. The molecule has 2 rings (SSSR count). The SMILES string of the molecule is CN=C(NCC(c1ccco1)N(C)C)N(C)Cc1cccn1C.I. The minimum Gasteiger partial charge on any atom is -0.468 e. The van der Waals surface area contributed by atoms with Gasteiger partial charge in [-0.3, -0.25) is 9.89 Å². The van der Waals surface area contributed by atoms with Gasteiger partial charge < -0.3 is 19.2 Å². The van der Waals surface area contributed by atoms with Crippen molar-refractivity contribution in [3.63, 3.8) is 0 Å². The molecule has 0 bridgehead atoms. The summed E-state index contributed by atoms with van der Waals surface area (Å²) in [5.74, 6) is 1.81. The molecule has 0 radical (unpaired) electrons. The Labute approximate surface area is 161 Å². The van der Waals surface area contributed by atoms with Crippen molar-refractivity contribution < 1.29 is 4.42 Å². The average molecular weight is 445 g/mol. The molecule has 7 heteroatoms. The number of rotatable bonds is 6. The van der Waals surface area contributed by atoms with Crippen LogP contribution in [0.4, 0.5) is 0 Å². The van der Waals surface area contributed by atoms with Crippen LogP contribution in [-0.4, -0.2) is 55.1 Å². The van der Waals surface area contributed by atoms with Crippen LogP contribution in [0.5, 0.6) is 0 Å². The third-order valence-corrected chi connectivity index (χ3v) is 3.97. The molecular weight excluding hydrogens is 417 g/mol. The van der Waals surface area contributed by atoms with Gasteiger partial charge in [-0.15, -0.1) is 24.0 Å². The van der Waals surface area contributed by atoms with Gasteiger partial charge in [-0.25, -0.2) is 0 Å². The van der Waals surface area contributed by atoms with E-state index in [0.717, 1.165) is 24.8 Å². The lowest BCUT2D eigenvalue weighted by Gasteiger charge is -2.27. The molecule has 0 amide bonds. The number of nitrogens with zero attached hydrogens (tertiary/aromatic N) is 4. The van der Waals surface area contributed by atoms with Crippen molar-refractivity contribution in [3.8, 4) is 0 Å². The minimum absolute atomic E-state index is 0. The maximum Gasteiger partial charge on any atom is 0.193 e. The number of aliphatic imine (C=N–C) groups is 1. The Morgan fingerprint density at radius 1 is 1.29 bits per heavy atom. The highest BCUT2D eigenvalue weighted by Gasteiger charge is 2.18. The van der Waals surface area contributed by atoms with Crippen molar-refractivity contribution >= 4 is 29.9 Å². The first-order chi connectivity index (χ1) is 11.0. The van der Waals surface area contributed by atoms with Gasteiger partial charge >= 0.3 is 0 Å². The fourth-order valence-corrected chi connectivity index (χ4v) is 2.57. The van der Waals surface area contributed by atoms with Gasteiger partial charge in [0.1, 0.15) is 5.76 Å². The highest BCUT2D eigenvalue weighted by molar-refractivity contribution is 14.0. The lowest BCUT2D eigenvalue weighted by Crippen LogP contribution is -2.42. The molecule has 0 fully saturated rings. The van der Waals surface area contributed by atoms with Gasteiger partial charge in [0, 0.05) is 39.6 Å². The monoisotopic (exact) mass is 445 g/mol. The summed E-state index contributed by atoms with van der Waals surface area (Å²) in [7, 11) is 10.00.